The molecule has 0 saturated heterocycles. The Hall–Kier alpha value is -2.73. The number of benzene rings is 2. The zero-order valence-electron chi connectivity index (χ0n) is 19.2. The molecule has 0 spiro atoms. The Morgan fingerprint density at radius 1 is 1.11 bits per heavy atom. The second-order valence-corrected chi connectivity index (χ2v) is 8.82. The molecular weight excluding hydrogens is 518 g/mol. The summed E-state index contributed by atoms with van der Waals surface area (Å²) in [6.45, 7) is -0.296. The number of amides is 2. The Labute approximate surface area is 238 Å². The molecule has 2 aromatic rings. The zero-order chi connectivity index (χ0) is 26.3. The van der Waals surface area contributed by atoms with Gasteiger partial charge < -0.3 is 21.1 Å². The van der Waals surface area contributed by atoms with Gasteiger partial charge in [0.05, 0.1) is 5.57 Å². The molecule has 1 aliphatic rings. The van der Waals surface area contributed by atoms with E-state index < -0.39 is 41.1 Å². The fraction of sp³-hybridized carbons (Fsp3) is 0.240. The van der Waals surface area contributed by atoms with E-state index in [9.17, 15) is 32.7 Å². The summed E-state index contributed by atoms with van der Waals surface area (Å²) < 4.78 is 40.1. The summed E-state index contributed by atoms with van der Waals surface area (Å²) in [4.78, 5) is 37.3. The fourth-order valence-corrected chi connectivity index (χ4v) is 4.05. The summed E-state index contributed by atoms with van der Waals surface area (Å²) in [5, 5.41) is 17.1. The number of nitrogens with one attached hydrogen (secondary N) is 3. The Bertz CT molecular complexity index is 1200. The van der Waals surface area contributed by atoms with Gasteiger partial charge in [-0.15, -0.1) is 0 Å². The number of carbonyl (C=O) groups excluding carboxylic acids is 2. The van der Waals surface area contributed by atoms with Crippen LogP contribution in [0.4, 0.5) is 18.9 Å². The molecule has 0 bridgehead atoms. The van der Waals surface area contributed by atoms with Gasteiger partial charge in [0.15, 0.2) is 0 Å². The molecule has 1 atom stereocenters. The fourth-order valence-electron chi connectivity index (χ4n) is 3.58. The first kappa shape index (κ1) is 30.5. The maximum atomic E-state index is 13.4. The molecular formula is C25H25F3N3NaO4S. The van der Waals surface area contributed by atoms with Gasteiger partial charge in [-0.2, -0.15) is 24.9 Å². The number of alkyl halides is 3. The van der Waals surface area contributed by atoms with Crippen molar-refractivity contribution in [2.45, 2.75) is 18.6 Å². The number of carboxylic acids is 1. The van der Waals surface area contributed by atoms with Crippen molar-refractivity contribution >= 4 is 64.8 Å². The molecule has 0 aliphatic carbocycles. The van der Waals surface area contributed by atoms with E-state index in [0.717, 1.165) is 12.3 Å². The molecule has 1 heterocycles. The van der Waals surface area contributed by atoms with E-state index in [1.807, 2.05) is 6.26 Å². The van der Waals surface area contributed by atoms with Gasteiger partial charge in [-0.05, 0) is 60.0 Å². The van der Waals surface area contributed by atoms with Crippen LogP contribution in [0.15, 0.2) is 72.0 Å². The van der Waals surface area contributed by atoms with Crippen LogP contribution in [0.25, 0.3) is 11.1 Å². The summed E-state index contributed by atoms with van der Waals surface area (Å²) in [7, 11) is 0. The third-order valence-electron chi connectivity index (χ3n) is 5.37. The van der Waals surface area contributed by atoms with E-state index in [0.29, 0.717) is 16.9 Å². The molecule has 37 heavy (non-hydrogen) atoms. The second-order valence-electron chi connectivity index (χ2n) is 7.83. The molecule has 4 N–H and O–H groups in total. The molecule has 0 radical (unpaired) electrons. The third-order valence-corrected chi connectivity index (χ3v) is 6.02. The summed E-state index contributed by atoms with van der Waals surface area (Å²) in [5.41, 5.74) is -0.184. The van der Waals surface area contributed by atoms with Gasteiger partial charge in [0.1, 0.15) is 6.04 Å². The van der Waals surface area contributed by atoms with Crippen molar-refractivity contribution in [1.82, 2.24) is 10.6 Å². The molecule has 2 amide bonds. The molecule has 2 aromatic carbocycles. The first-order chi connectivity index (χ1) is 17.1. The monoisotopic (exact) mass is 543 g/mol. The molecule has 192 valence electrons. The number of hydrogen-bond donors (Lipinski definition) is 4. The van der Waals surface area contributed by atoms with E-state index in [1.165, 1.54) is 30.0 Å². The third kappa shape index (κ3) is 8.13. The Morgan fingerprint density at radius 2 is 1.81 bits per heavy atom. The second kappa shape index (κ2) is 13.7. The first-order valence-electron chi connectivity index (χ1n) is 10.9. The predicted molar refractivity (Wildman–Crippen MR) is 140 cm³/mol. The number of dihydropyridines is 1. The molecule has 7 nitrogen and oxygen atoms in total. The van der Waals surface area contributed by atoms with Crippen LogP contribution in [-0.2, 0) is 9.59 Å². The van der Waals surface area contributed by atoms with E-state index in [4.69, 9.17) is 0 Å². The van der Waals surface area contributed by atoms with Gasteiger partial charge in [0.25, 0.3) is 11.8 Å². The van der Waals surface area contributed by atoms with Crippen LogP contribution in [-0.4, -0.2) is 83.2 Å². The summed E-state index contributed by atoms with van der Waals surface area (Å²) in [5.74, 6) is -2.18. The van der Waals surface area contributed by atoms with Crippen LogP contribution in [0.5, 0.6) is 0 Å². The zero-order valence-corrected chi connectivity index (χ0v) is 20.0. The number of aliphatic carboxylic acids is 1. The molecule has 1 aliphatic heterocycles. The quantitative estimate of drug-likeness (QED) is 0.361. The number of allylic oxidation sites excluding steroid dienone is 2. The van der Waals surface area contributed by atoms with Gasteiger partial charge >= 0.3 is 41.7 Å². The van der Waals surface area contributed by atoms with Crippen molar-refractivity contribution in [3.05, 3.63) is 77.5 Å². The van der Waals surface area contributed by atoms with Crippen LogP contribution in [0.2, 0.25) is 0 Å². The van der Waals surface area contributed by atoms with E-state index in [1.54, 1.807) is 30.3 Å². The first-order valence-corrected chi connectivity index (χ1v) is 12.2. The van der Waals surface area contributed by atoms with Gasteiger partial charge in [0.2, 0.25) is 0 Å². The molecule has 0 aromatic heterocycles. The van der Waals surface area contributed by atoms with Gasteiger partial charge in [0, 0.05) is 23.4 Å². The number of carboxylic acid groups (broad SMARTS) is 1. The van der Waals surface area contributed by atoms with Crippen molar-refractivity contribution in [1.29, 1.82) is 0 Å². The molecule has 0 fully saturated rings. The number of hydrogen-bond acceptors (Lipinski definition) is 5. The van der Waals surface area contributed by atoms with Crippen LogP contribution in [0, 0.1) is 0 Å². The summed E-state index contributed by atoms with van der Waals surface area (Å²) in [6.07, 6.45) is -0.703. The van der Waals surface area contributed by atoms with E-state index in [-0.39, 0.29) is 53.8 Å². The Kier molecular flexibility index (Phi) is 11.3. The minimum atomic E-state index is -4.70. The van der Waals surface area contributed by atoms with Crippen LogP contribution < -0.4 is 16.0 Å². The normalized spacial score (nSPS) is 13.7. The number of thioether (sulfide) groups is 1. The topological polar surface area (TPSA) is 108 Å². The van der Waals surface area contributed by atoms with Crippen molar-refractivity contribution < 1.29 is 32.7 Å². The van der Waals surface area contributed by atoms with E-state index >= 15 is 0 Å². The van der Waals surface area contributed by atoms with E-state index in [2.05, 4.69) is 16.0 Å². The molecule has 0 saturated carbocycles. The minimum absolute atomic E-state index is 0. The number of halogens is 3. The average Bonchev–Trinajstić information content (AvgIpc) is 2.86. The standard InChI is InChI=1S/C25H24F3N3O4S.Na.H/c1-36-12-10-21(24(34)35)31-22(32)17-8-7-16(13-18(17)15-5-3-2-4-6-15)30-23(33)19-14-29-11-9-20(19)25(26,27)28;;/h2-9,11,13,21,29H,10,12,14H2,1H3,(H,30,33)(H,31,32)(H,34,35);;. The predicted octanol–water partition coefficient (Wildman–Crippen LogP) is 3.56. The summed E-state index contributed by atoms with van der Waals surface area (Å²) >= 11 is 1.45. The SMILES string of the molecule is CSCCC(NC(=O)c1ccc(NC(=O)C2=C(C(F)(F)F)C=CNC2)cc1-c1ccccc1)C(=O)O.[NaH]. The van der Waals surface area contributed by atoms with Gasteiger partial charge in [-0.3, -0.25) is 9.59 Å². The van der Waals surface area contributed by atoms with Crippen molar-refractivity contribution in [2.75, 3.05) is 23.9 Å². The number of rotatable bonds is 9. The van der Waals surface area contributed by atoms with Crippen molar-refractivity contribution in [3.63, 3.8) is 0 Å². The molecule has 3 rings (SSSR count). The maximum absolute atomic E-state index is 13.4. The number of carbonyl (C=O) groups is 3. The number of anilines is 1. The molecule has 12 heteroatoms. The Balaban J connectivity index is 0.00000481. The summed E-state index contributed by atoms with van der Waals surface area (Å²) in [6, 6.07) is 11.9. The van der Waals surface area contributed by atoms with Crippen molar-refractivity contribution in [2.24, 2.45) is 0 Å². The van der Waals surface area contributed by atoms with Crippen LogP contribution in [0.3, 0.4) is 0 Å². The van der Waals surface area contributed by atoms with Gasteiger partial charge in [-0.25, -0.2) is 4.79 Å². The molecule has 1 unspecified atom stereocenters. The van der Waals surface area contributed by atoms with Crippen LogP contribution in [0.1, 0.15) is 16.8 Å². The average molecular weight is 544 g/mol. The Morgan fingerprint density at radius 3 is 2.43 bits per heavy atom. The van der Waals surface area contributed by atoms with Gasteiger partial charge in [-0.1, -0.05) is 30.3 Å². The van der Waals surface area contributed by atoms with Crippen molar-refractivity contribution in [3.8, 4) is 11.1 Å². The van der Waals surface area contributed by atoms with Crippen LogP contribution >= 0.6 is 11.8 Å².